The number of morpholine rings is 1. The molecule has 1 N–H and O–H groups in total. The van der Waals surface area contributed by atoms with Gasteiger partial charge in [0.2, 0.25) is 5.91 Å². The lowest BCUT2D eigenvalue weighted by Crippen LogP contribution is -2.54. The van der Waals surface area contributed by atoms with Crippen LogP contribution in [0.5, 0.6) is 0 Å². The number of ether oxygens (including phenoxy) is 1. The van der Waals surface area contributed by atoms with Crippen molar-refractivity contribution in [1.82, 2.24) is 4.90 Å². The molecule has 0 bridgehead atoms. The van der Waals surface area contributed by atoms with Crippen molar-refractivity contribution in [1.29, 1.82) is 0 Å². The molecule has 0 aromatic heterocycles. The summed E-state index contributed by atoms with van der Waals surface area (Å²) in [7, 11) is 0. The third kappa shape index (κ3) is 2.44. The molecule has 0 aromatic rings. The van der Waals surface area contributed by atoms with Gasteiger partial charge in [0.15, 0.2) is 0 Å². The molecule has 2 fully saturated rings. The maximum Gasteiger partial charge on any atom is 0.307 e. The number of rotatable bonds is 2. The van der Waals surface area contributed by atoms with E-state index in [0.717, 1.165) is 0 Å². The number of carboxylic acid groups (broad SMARTS) is 1. The zero-order chi connectivity index (χ0) is 12.6. The van der Waals surface area contributed by atoms with Crippen molar-refractivity contribution in [3.8, 4) is 0 Å². The highest BCUT2D eigenvalue weighted by molar-refractivity contribution is 5.86. The number of hydrogen-bond donors (Lipinski definition) is 1. The van der Waals surface area contributed by atoms with Gasteiger partial charge in [-0.3, -0.25) is 9.59 Å². The molecule has 0 spiro atoms. The van der Waals surface area contributed by atoms with Crippen LogP contribution >= 0.6 is 0 Å². The van der Waals surface area contributed by atoms with Crippen LogP contribution in [0.4, 0.5) is 0 Å². The SMILES string of the molecule is CC1(C)CN(C(=O)C2CCC2C(=O)O)CCO1. The first-order chi connectivity index (χ1) is 7.91. The normalized spacial score (nSPS) is 31.8. The van der Waals surface area contributed by atoms with Gasteiger partial charge >= 0.3 is 5.97 Å². The van der Waals surface area contributed by atoms with Gasteiger partial charge in [-0.2, -0.15) is 0 Å². The quantitative estimate of drug-likeness (QED) is 0.774. The molecular formula is C12H19NO4. The molecule has 2 rings (SSSR count). The molecule has 1 saturated heterocycles. The Morgan fingerprint density at radius 3 is 2.41 bits per heavy atom. The lowest BCUT2D eigenvalue weighted by atomic mass is 9.72. The van der Waals surface area contributed by atoms with E-state index in [0.29, 0.717) is 32.5 Å². The number of amides is 1. The Morgan fingerprint density at radius 1 is 1.29 bits per heavy atom. The molecule has 96 valence electrons. The van der Waals surface area contributed by atoms with Gasteiger partial charge < -0.3 is 14.7 Å². The highest BCUT2D eigenvalue weighted by atomic mass is 16.5. The summed E-state index contributed by atoms with van der Waals surface area (Å²) in [4.78, 5) is 24.9. The van der Waals surface area contributed by atoms with Crippen LogP contribution in [0.2, 0.25) is 0 Å². The van der Waals surface area contributed by atoms with E-state index in [-0.39, 0.29) is 17.4 Å². The van der Waals surface area contributed by atoms with Crippen LogP contribution in [0.25, 0.3) is 0 Å². The van der Waals surface area contributed by atoms with Crippen LogP contribution in [0.1, 0.15) is 26.7 Å². The molecule has 2 aliphatic rings. The summed E-state index contributed by atoms with van der Waals surface area (Å²) in [5, 5.41) is 8.96. The molecule has 1 aliphatic heterocycles. The van der Waals surface area contributed by atoms with E-state index in [1.54, 1.807) is 4.90 Å². The minimum absolute atomic E-state index is 0.0139. The summed E-state index contributed by atoms with van der Waals surface area (Å²) in [5.74, 6) is -1.66. The van der Waals surface area contributed by atoms with Crippen molar-refractivity contribution in [2.24, 2.45) is 11.8 Å². The first-order valence-electron chi connectivity index (χ1n) is 6.06. The van der Waals surface area contributed by atoms with Gasteiger partial charge in [-0.25, -0.2) is 0 Å². The molecule has 0 aromatic carbocycles. The Bertz CT molecular complexity index is 339. The topological polar surface area (TPSA) is 66.8 Å². The Balaban J connectivity index is 1.98. The molecular weight excluding hydrogens is 222 g/mol. The molecule has 0 radical (unpaired) electrons. The second-order valence-electron chi connectivity index (χ2n) is 5.50. The Kier molecular flexibility index (Phi) is 3.12. The van der Waals surface area contributed by atoms with E-state index in [2.05, 4.69) is 0 Å². The number of carboxylic acids is 1. The Hall–Kier alpha value is -1.10. The Labute approximate surface area is 101 Å². The van der Waals surface area contributed by atoms with Gasteiger partial charge in [-0.15, -0.1) is 0 Å². The standard InChI is InChI=1S/C12H19NO4/c1-12(2)7-13(5-6-17-12)10(14)8-3-4-9(8)11(15)16/h8-9H,3-7H2,1-2H3,(H,15,16). The molecule has 1 aliphatic carbocycles. The summed E-state index contributed by atoms with van der Waals surface area (Å²) >= 11 is 0. The summed E-state index contributed by atoms with van der Waals surface area (Å²) in [5.41, 5.74) is -0.323. The number of nitrogens with zero attached hydrogens (tertiary/aromatic N) is 1. The van der Waals surface area contributed by atoms with E-state index in [9.17, 15) is 9.59 Å². The first-order valence-corrected chi connectivity index (χ1v) is 6.06. The van der Waals surface area contributed by atoms with Crippen LogP contribution in [-0.2, 0) is 14.3 Å². The fourth-order valence-electron chi connectivity index (χ4n) is 2.53. The van der Waals surface area contributed by atoms with Gasteiger partial charge in [0.1, 0.15) is 0 Å². The summed E-state index contributed by atoms with van der Waals surface area (Å²) in [6.07, 6.45) is 1.33. The van der Waals surface area contributed by atoms with Crippen molar-refractivity contribution < 1.29 is 19.4 Å². The van der Waals surface area contributed by atoms with Crippen LogP contribution in [0.15, 0.2) is 0 Å². The molecule has 1 amide bonds. The second-order valence-corrected chi connectivity index (χ2v) is 5.50. The summed E-state index contributed by atoms with van der Waals surface area (Å²) in [6, 6.07) is 0. The average molecular weight is 241 g/mol. The maximum atomic E-state index is 12.2. The predicted octanol–water partition coefficient (Wildman–Crippen LogP) is 0.735. The van der Waals surface area contributed by atoms with E-state index < -0.39 is 11.9 Å². The highest BCUT2D eigenvalue weighted by Gasteiger charge is 2.44. The van der Waals surface area contributed by atoms with E-state index >= 15 is 0 Å². The lowest BCUT2D eigenvalue weighted by molar-refractivity contribution is -0.163. The van der Waals surface area contributed by atoms with E-state index in [1.807, 2.05) is 13.8 Å². The van der Waals surface area contributed by atoms with Crippen LogP contribution < -0.4 is 0 Å². The van der Waals surface area contributed by atoms with Crippen LogP contribution in [-0.4, -0.2) is 47.2 Å². The average Bonchev–Trinajstić information content (AvgIpc) is 2.13. The zero-order valence-corrected chi connectivity index (χ0v) is 10.3. The smallest absolute Gasteiger partial charge is 0.307 e. The second kappa shape index (κ2) is 4.29. The first kappa shape index (κ1) is 12.4. The van der Waals surface area contributed by atoms with Crippen LogP contribution in [0, 0.1) is 11.8 Å². The molecule has 1 saturated carbocycles. The molecule has 5 nitrogen and oxygen atoms in total. The Morgan fingerprint density at radius 2 is 1.94 bits per heavy atom. The molecule has 5 heteroatoms. The van der Waals surface area contributed by atoms with E-state index in [1.165, 1.54) is 0 Å². The van der Waals surface area contributed by atoms with Gasteiger partial charge in [-0.05, 0) is 26.7 Å². The summed E-state index contributed by atoms with van der Waals surface area (Å²) < 4.78 is 5.54. The van der Waals surface area contributed by atoms with Crippen molar-refractivity contribution in [3.05, 3.63) is 0 Å². The third-order valence-electron chi connectivity index (χ3n) is 3.65. The van der Waals surface area contributed by atoms with Crippen molar-refractivity contribution in [2.75, 3.05) is 19.7 Å². The minimum Gasteiger partial charge on any atom is -0.481 e. The van der Waals surface area contributed by atoms with Gasteiger partial charge in [0, 0.05) is 13.1 Å². The monoisotopic (exact) mass is 241 g/mol. The van der Waals surface area contributed by atoms with Crippen molar-refractivity contribution in [2.45, 2.75) is 32.3 Å². The molecule has 1 heterocycles. The fourth-order valence-corrected chi connectivity index (χ4v) is 2.53. The number of carbonyl (C=O) groups excluding carboxylic acids is 1. The zero-order valence-electron chi connectivity index (χ0n) is 10.3. The van der Waals surface area contributed by atoms with Crippen LogP contribution in [0.3, 0.4) is 0 Å². The van der Waals surface area contributed by atoms with Crippen molar-refractivity contribution >= 4 is 11.9 Å². The predicted molar refractivity (Wildman–Crippen MR) is 60.5 cm³/mol. The van der Waals surface area contributed by atoms with Gasteiger partial charge in [0.25, 0.3) is 0 Å². The number of aliphatic carboxylic acids is 1. The molecule has 2 unspecified atom stereocenters. The lowest BCUT2D eigenvalue weighted by Gasteiger charge is -2.42. The minimum atomic E-state index is -0.845. The van der Waals surface area contributed by atoms with Crippen molar-refractivity contribution in [3.63, 3.8) is 0 Å². The fraction of sp³-hybridized carbons (Fsp3) is 0.833. The third-order valence-corrected chi connectivity index (χ3v) is 3.65. The number of hydrogen-bond acceptors (Lipinski definition) is 3. The van der Waals surface area contributed by atoms with Gasteiger partial charge in [-0.1, -0.05) is 0 Å². The van der Waals surface area contributed by atoms with Gasteiger partial charge in [0.05, 0.1) is 24.0 Å². The largest absolute Gasteiger partial charge is 0.481 e. The maximum absolute atomic E-state index is 12.2. The highest BCUT2D eigenvalue weighted by Crippen LogP contribution is 2.36. The molecule has 17 heavy (non-hydrogen) atoms. The number of carbonyl (C=O) groups is 2. The molecule has 2 atom stereocenters. The summed E-state index contributed by atoms with van der Waals surface area (Å²) in [6.45, 7) is 5.55. The van der Waals surface area contributed by atoms with E-state index in [4.69, 9.17) is 9.84 Å².